The molecule has 1 N–H and O–H groups in total. The number of rotatable bonds is 11. The highest BCUT2D eigenvalue weighted by Crippen LogP contribution is 2.60. The number of benzene rings is 1. The Morgan fingerprint density at radius 1 is 0.925 bits per heavy atom. The second-order valence-electron chi connectivity index (χ2n) is 21.4. The van der Waals surface area contributed by atoms with E-state index in [0.29, 0.717) is 17.8 Å². The quantitative estimate of drug-likeness (QED) is 0.180. The minimum absolute atomic E-state index is 0.00820. The van der Waals surface area contributed by atoms with Gasteiger partial charge in [-0.25, -0.2) is 0 Å². The fraction of sp³-hybridized carbons (Fsp3) is 0.708. The number of aliphatic hydroxyl groups is 1. The Kier molecular flexibility index (Phi) is 12.4. The fourth-order valence-corrected chi connectivity index (χ4v) is 12.2. The molecule has 53 heavy (non-hydrogen) atoms. The summed E-state index contributed by atoms with van der Waals surface area (Å²) in [5.41, 5.74) is 8.53. The molecule has 5 heteroatoms. The lowest BCUT2D eigenvalue weighted by Crippen LogP contribution is -2.49. The van der Waals surface area contributed by atoms with Gasteiger partial charge in [0, 0.05) is 11.8 Å². The van der Waals surface area contributed by atoms with Crippen molar-refractivity contribution in [3.05, 3.63) is 82.5 Å². The number of fused-ring (bicyclic) bond motifs is 1. The normalized spacial score (nSPS) is 30.6. The van der Waals surface area contributed by atoms with Gasteiger partial charge in [-0.05, 0) is 146 Å². The standard InChI is InChI=1S/C48H78O3Si2/c1-33(2)36-21-23-39(24-22-36)48(29-30-48)44(49)27-18-34(3)41-25-26-42-37(17-16-28-47(41,42)11)19-20-38-31-40(50-52(12,13)45(5,6)7)32-43(35(38)4)51-53(14,15)46(8,9)10/h18-24,33,40-44,49H,4,16-17,25-32H2,1-3,5-15H3/b34-18-,37-19+,38-20-/t40-,41-,42+,43+,44-,47-/m1/s1. The Balaban J connectivity index is 1.33. The summed E-state index contributed by atoms with van der Waals surface area (Å²) in [4.78, 5) is 0. The molecular weight excluding hydrogens is 681 g/mol. The molecule has 3 nitrogen and oxygen atoms in total. The topological polar surface area (TPSA) is 38.7 Å². The van der Waals surface area contributed by atoms with E-state index in [0.717, 1.165) is 32.1 Å². The van der Waals surface area contributed by atoms with Crippen LogP contribution in [0.3, 0.4) is 0 Å². The Labute approximate surface area is 328 Å². The van der Waals surface area contributed by atoms with Crippen molar-refractivity contribution in [1.29, 1.82) is 0 Å². The van der Waals surface area contributed by atoms with Gasteiger partial charge in [0.05, 0.1) is 18.3 Å². The Morgan fingerprint density at radius 3 is 2.09 bits per heavy atom. The summed E-state index contributed by atoms with van der Waals surface area (Å²) in [6, 6.07) is 9.10. The van der Waals surface area contributed by atoms with Crippen LogP contribution in [-0.4, -0.2) is 40.1 Å². The summed E-state index contributed by atoms with van der Waals surface area (Å²) in [6.07, 6.45) is 18.2. The van der Waals surface area contributed by atoms with Crippen LogP contribution in [0.25, 0.3) is 0 Å². The maximum absolute atomic E-state index is 11.6. The zero-order chi connectivity index (χ0) is 39.4. The van der Waals surface area contributed by atoms with E-state index in [-0.39, 0.29) is 39.2 Å². The summed E-state index contributed by atoms with van der Waals surface area (Å²) in [7, 11) is -3.96. The Morgan fingerprint density at radius 2 is 1.53 bits per heavy atom. The summed E-state index contributed by atoms with van der Waals surface area (Å²) >= 11 is 0. The Bertz CT molecular complexity index is 1560. The highest BCUT2D eigenvalue weighted by Gasteiger charge is 2.52. The molecule has 4 aliphatic carbocycles. The minimum atomic E-state index is -2.00. The zero-order valence-electron chi connectivity index (χ0n) is 36.5. The van der Waals surface area contributed by atoms with E-state index >= 15 is 0 Å². The van der Waals surface area contributed by atoms with Crippen LogP contribution in [0, 0.1) is 17.3 Å². The average molecular weight is 759 g/mol. The lowest BCUT2D eigenvalue weighted by atomic mass is 9.62. The van der Waals surface area contributed by atoms with Crippen LogP contribution in [0.15, 0.2) is 71.4 Å². The van der Waals surface area contributed by atoms with E-state index in [1.807, 2.05) is 0 Å². The van der Waals surface area contributed by atoms with E-state index in [9.17, 15) is 5.11 Å². The molecule has 0 heterocycles. The molecule has 0 spiro atoms. The van der Waals surface area contributed by atoms with Crippen LogP contribution < -0.4 is 0 Å². The predicted molar refractivity (Wildman–Crippen MR) is 233 cm³/mol. The number of hydrogen-bond acceptors (Lipinski definition) is 3. The number of hydrogen-bond donors (Lipinski definition) is 1. The molecule has 5 rings (SSSR count). The Hall–Kier alpha value is -1.51. The summed E-state index contributed by atoms with van der Waals surface area (Å²) in [5.74, 6) is 1.71. The van der Waals surface area contributed by atoms with Crippen molar-refractivity contribution in [2.75, 3.05) is 0 Å². The van der Waals surface area contributed by atoms with E-state index in [2.05, 4.69) is 138 Å². The molecule has 296 valence electrons. The predicted octanol–water partition coefficient (Wildman–Crippen LogP) is 13.7. The summed E-state index contributed by atoms with van der Waals surface area (Å²) in [6.45, 7) is 37.7. The molecule has 4 aliphatic rings. The van der Waals surface area contributed by atoms with Crippen molar-refractivity contribution >= 4 is 16.6 Å². The molecule has 1 aromatic rings. The lowest BCUT2D eigenvalue weighted by molar-refractivity contribution is 0.0969. The monoisotopic (exact) mass is 759 g/mol. The van der Waals surface area contributed by atoms with Gasteiger partial charge >= 0.3 is 0 Å². The van der Waals surface area contributed by atoms with Crippen molar-refractivity contribution < 1.29 is 14.0 Å². The maximum Gasteiger partial charge on any atom is 0.192 e. The maximum atomic E-state index is 11.6. The molecule has 0 aromatic heterocycles. The molecule has 0 saturated heterocycles. The van der Waals surface area contributed by atoms with Gasteiger partial charge < -0.3 is 14.0 Å². The van der Waals surface area contributed by atoms with Gasteiger partial charge in [-0.15, -0.1) is 0 Å². The van der Waals surface area contributed by atoms with Crippen LogP contribution in [-0.2, 0) is 14.3 Å². The first-order chi connectivity index (χ1) is 24.4. The van der Waals surface area contributed by atoms with Gasteiger partial charge in [0.15, 0.2) is 16.6 Å². The van der Waals surface area contributed by atoms with Crippen LogP contribution in [0.1, 0.15) is 150 Å². The second-order valence-corrected chi connectivity index (χ2v) is 31.0. The molecular formula is C48H78O3Si2. The van der Waals surface area contributed by atoms with Crippen LogP contribution in [0.2, 0.25) is 36.3 Å². The highest BCUT2D eigenvalue weighted by atomic mass is 28.4. The molecule has 0 bridgehead atoms. The molecule has 4 saturated carbocycles. The lowest BCUT2D eigenvalue weighted by Gasteiger charge is -2.45. The van der Waals surface area contributed by atoms with Gasteiger partial charge in [0.2, 0.25) is 0 Å². The van der Waals surface area contributed by atoms with Crippen LogP contribution in [0.5, 0.6) is 0 Å². The third kappa shape index (κ3) is 8.90. The highest BCUT2D eigenvalue weighted by molar-refractivity contribution is 6.74. The fourth-order valence-electron chi connectivity index (χ4n) is 9.57. The first kappa shape index (κ1) is 42.6. The molecule has 0 aliphatic heterocycles. The minimum Gasteiger partial charge on any atom is -0.413 e. The smallest absolute Gasteiger partial charge is 0.192 e. The van der Waals surface area contributed by atoms with Crippen molar-refractivity contribution in [2.24, 2.45) is 17.3 Å². The van der Waals surface area contributed by atoms with Gasteiger partial charge in [0.25, 0.3) is 0 Å². The number of allylic oxidation sites excluding steroid dienone is 4. The average Bonchev–Trinajstić information content (AvgIpc) is 3.78. The van der Waals surface area contributed by atoms with Crippen molar-refractivity contribution in [1.82, 2.24) is 0 Å². The van der Waals surface area contributed by atoms with Gasteiger partial charge in [-0.1, -0.05) is 123 Å². The third-order valence-electron chi connectivity index (χ3n) is 15.5. The number of aliphatic hydroxyl groups excluding tert-OH is 1. The second kappa shape index (κ2) is 15.4. The SMILES string of the molecule is C=C1/C(=C\C=C2/CCC[C@]3(C)[C@@H](/C(C)=C\C[C@@H](O)C4(c5ccc(C(C)C)cc5)CC4)CC[C@@H]23)C[C@@H](O[Si](C)(C)C(C)(C)C)C[C@@H]1O[Si](C)(C)C(C)(C)C. The van der Waals surface area contributed by atoms with Crippen LogP contribution in [0.4, 0.5) is 0 Å². The van der Waals surface area contributed by atoms with Crippen LogP contribution >= 0.6 is 0 Å². The van der Waals surface area contributed by atoms with Crippen molar-refractivity contribution in [3.63, 3.8) is 0 Å². The molecule has 0 amide bonds. The molecule has 6 atom stereocenters. The van der Waals surface area contributed by atoms with Crippen molar-refractivity contribution in [3.8, 4) is 0 Å². The summed E-state index contributed by atoms with van der Waals surface area (Å²) < 4.78 is 14.2. The first-order valence-electron chi connectivity index (χ1n) is 21.3. The van der Waals surface area contributed by atoms with E-state index in [1.165, 1.54) is 60.0 Å². The molecule has 1 aromatic carbocycles. The largest absolute Gasteiger partial charge is 0.413 e. The van der Waals surface area contributed by atoms with E-state index < -0.39 is 16.6 Å². The molecule has 4 fully saturated rings. The zero-order valence-corrected chi connectivity index (χ0v) is 38.5. The molecule has 0 radical (unpaired) electrons. The van der Waals surface area contributed by atoms with E-state index in [4.69, 9.17) is 15.4 Å². The summed E-state index contributed by atoms with van der Waals surface area (Å²) in [5, 5.41) is 11.9. The third-order valence-corrected chi connectivity index (χ3v) is 24.5. The van der Waals surface area contributed by atoms with Gasteiger partial charge in [-0.2, -0.15) is 0 Å². The van der Waals surface area contributed by atoms with Gasteiger partial charge in [0.1, 0.15) is 0 Å². The molecule has 0 unspecified atom stereocenters. The first-order valence-corrected chi connectivity index (χ1v) is 27.1. The van der Waals surface area contributed by atoms with Crippen molar-refractivity contribution in [2.45, 2.75) is 199 Å². The van der Waals surface area contributed by atoms with Gasteiger partial charge in [-0.3, -0.25) is 0 Å². The van der Waals surface area contributed by atoms with E-state index in [1.54, 1.807) is 5.57 Å².